The zero-order valence-electron chi connectivity index (χ0n) is 25.5. The number of anilines is 1. The molecular weight excluding hydrogens is 629 g/mol. The summed E-state index contributed by atoms with van der Waals surface area (Å²) in [5.74, 6) is -0.888. The maximum absolute atomic E-state index is 14.5. The lowest BCUT2D eigenvalue weighted by Gasteiger charge is -2.34. The molecule has 0 heterocycles. The summed E-state index contributed by atoms with van der Waals surface area (Å²) in [6, 6.07) is 26.9. The molecule has 45 heavy (non-hydrogen) atoms. The minimum Gasteiger partial charge on any atom is -0.354 e. The van der Waals surface area contributed by atoms with Crippen LogP contribution in [0.3, 0.4) is 0 Å². The van der Waals surface area contributed by atoms with Crippen molar-refractivity contribution in [2.45, 2.75) is 51.1 Å². The molecule has 2 amide bonds. The minimum atomic E-state index is -4.23. The average Bonchev–Trinajstić information content (AvgIpc) is 3.02. The summed E-state index contributed by atoms with van der Waals surface area (Å²) in [6.07, 6.45) is 0.937. The van der Waals surface area contributed by atoms with Gasteiger partial charge < -0.3 is 10.2 Å². The molecule has 0 saturated carbocycles. The molecule has 0 aliphatic carbocycles. The molecule has 0 bridgehead atoms. The Labute approximate surface area is 275 Å². The highest BCUT2D eigenvalue weighted by atomic mass is 35.5. The number of nitrogens with zero attached hydrogens (tertiary/aromatic N) is 2. The molecule has 0 aliphatic rings. The zero-order valence-corrected chi connectivity index (χ0v) is 27.9. The van der Waals surface area contributed by atoms with Crippen molar-refractivity contribution in [1.82, 2.24) is 10.2 Å². The first-order valence-electron chi connectivity index (χ1n) is 14.7. The number of sulfonamides is 1. The maximum atomic E-state index is 14.5. The van der Waals surface area contributed by atoms with Crippen LogP contribution in [0.2, 0.25) is 10.0 Å². The average molecular weight is 667 g/mol. The molecule has 7 nitrogen and oxygen atoms in total. The predicted octanol–water partition coefficient (Wildman–Crippen LogP) is 6.97. The monoisotopic (exact) mass is 665 g/mol. The standard InChI is InChI=1S/C35H37Cl2N3O4S/c1-4-20-38-35(42)33(22-27-10-6-5-7-11-27)39(23-28-12-8-13-29(36)21-28)34(41)24-40(32-15-9-14-31(37)26(32)3)45(43,44)30-18-16-25(2)17-19-30/h5-19,21,33H,4,20,22-24H2,1-3H3,(H,38,42). The van der Waals surface area contributed by atoms with Gasteiger partial charge in [-0.15, -0.1) is 0 Å². The maximum Gasteiger partial charge on any atom is 0.264 e. The molecule has 0 saturated heterocycles. The molecular formula is C35H37Cl2N3O4S. The van der Waals surface area contributed by atoms with Crippen LogP contribution in [0.5, 0.6) is 0 Å². The van der Waals surface area contributed by atoms with Crippen LogP contribution in [0.25, 0.3) is 0 Å². The van der Waals surface area contributed by atoms with E-state index in [2.05, 4.69) is 5.32 Å². The first-order chi connectivity index (χ1) is 21.5. The van der Waals surface area contributed by atoms with E-state index in [9.17, 15) is 18.0 Å². The van der Waals surface area contributed by atoms with Gasteiger partial charge in [-0.2, -0.15) is 0 Å². The molecule has 4 aromatic rings. The Morgan fingerprint density at radius 2 is 1.51 bits per heavy atom. The van der Waals surface area contributed by atoms with Crippen molar-refractivity contribution in [3.05, 3.63) is 129 Å². The third-order valence-corrected chi connectivity index (χ3v) is 9.88. The summed E-state index contributed by atoms with van der Waals surface area (Å²) in [4.78, 5) is 29.7. The number of hydrogen-bond donors (Lipinski definition) is 1. The van der Waals surface area contributed by atoms with Gasteiger partial charge in [0.2, 0.25) is 11.8 Å². The third kappa shape index (κ3) is 8.66. The Morgan fingerprint density at radius 1 is 0.844 bits per heavy atom. The van der Waals surface area contributed by atoms with Crippen LogP contribution in [0, 0.1) is 13.8 Å². The number of aryl methyl sites for hydroxylation is 1. The van der Waals surface area contributed by atoms with E-state index in [-0.39, 0.29) is 29.5 Å². The van der Waals surface area contributed by atoms with E-state index in [1.165, 1.54) is 17.0 Å². The lowest BCUT2D eigenvalue weighted by atomic mass is 10.0. The van der Waals surface area contributed by atoms with Gasteiger partial charge in [-0.05, 0) is 73.4 Å². The summed E-state index contributed by atoms with van der Waals surface area (Å²) in [6.45, 7) is 5.41. The summed E-state index contributed by atoms with van der Waals surface area (Å²) < 4.78 is 29.5. The van der Waals surface area contributed by atoms with Crippen LogP contribution < -0.4 is 9.62 Å². The molecule has 0 aromatic heterocycles. The molecule has 4 aromatic carbocycles. The van der Waals surface area contributed by atoms with Crippen molar-refractivity contribution in [1.29, 1.82) is 0 Å². The fraction of sp³-hybridized carbons (Fsp3) is 0.257. The highest BCUT2D eigenvalue weighted by Gasteiger charge is 2.35. The molecule has 10 heteroatoms. The number of benzene rings is 4. The van der Waals surface area contributed by atoms with Crippen LogP contribution in [0.15, 0.2) is 102 Å². The Morgan fingerprint density at radius 3 is 2.18 bits per heavy atom. The lowest BCUT2D eigenvalue weighted by molar-refractivity contribution is -0.140. The smallest absolute Gasteiger partial charge is 0.264 e. The lowest BCUT2D eigenvalue weighted by Crippen LogP contribution is -2.53. The molecule has 1 atom stereocenters. The van der Waals surface area contributed by atoms with Crippen molar-refractivity contribution in [2.24, 2.45) is 0 Å². The van der Waals surface area contributed by atoms with Gasteiger partial charge in [0.05, 0.1) is 10.6 Å². The zero-order chi connectivity index (χ0) is 32.6. The summed E-state index contributed by atoms with van der Waals surface area (Å²) >= 11 is 12.7. The minimum absolute atomic E-state index is 0.0307. The SMILES string of the molecule is CCCNC(=O)C(Cc1ccccc1)N(Cc1cccc(Cl)c1)C(=O)CN(c1cccc(Cl)c1C)S(=O)(=O)c1ccc(C)cc1. The van der Waals surface area contributed by atoms with E-state index < -0.39 is 28.5 Å². The quantitative estimate of drug-likeness (QED) is 0.167. The van der Waals surface area contributed by atoms with E-state index in [1.54, 1.807) is 55.5 Å². The Kier molecular flexibility index (Phi) is 11.7. The van der Waals surface area contributed by atoms with E-state index >= 15 is 0 Å². The number of amides is 2. The van der Waals surface area contributed by atoms with Crippen molar-refractivity contribution in [3.63, 3.8) is 0 Å². The van der Waals surface area contributed by atoms with Crippen LogP contribution in [0.1, 0.15) is 35.6 Å². The topological polar surface area (TPSA) is 86.8 Å². The number of nitrogens with one attached hydrogen (secondary N) is 1. The summed E-state index contributed by atoms with van der Waals surface area (Å²) in [5.41, 5.74) is 3.22. The van der Waals surface area contributed by atoms with E-state index in [4.69, 9.17) is 23.2 Å². The van der Waals surface area contributed by atoms with Gasteiger partial charge in [0.25, 0.3) is 10.0 Å². The van der Waals surface area contributed by atoms with Gasteiger partial charge in [-0.3, -0.25) is 13.9 Å². The fourth-order valence-corrected chi connectivity index (χ4v) is 6.82. The van der Waals surface area contributed by atoms with Crippen LogP contribution in [0.4, 0.5) is 5.69 Å². The normalized spacial score (nSPS) is 11.9. The van der Waals surface area contributed by atoms with E-state index in [0.29, 0.717) is 34.1 Å². The summed E-state index contributed by atoms with van der Waals surface area (Å²) in [5, 5.41) is 3.78. The highest BCUT2D eigenvalue weighted by Crippen LogP contribution is 2.31. The molecule has 0 aliphatic heterocycles. The third-order valence-electron chi connectivity index (χ3n) is 7.46. The number of carbonyl (C=O) groups is 2. The van der Waals surface area contributed by atoms with E-state index in [1.807, 2.05) is 50.2 Å². The van der Waals surface area contributed by atoms with Gasteiger partial charge in [-0.25, -0.2) is 8.42 Å². The molecule has 0 spiro atoms. The van der Waals surface area contributed by atoms with Crippen LogP contribution in [-0.2, 0) is 32.6 Å². The fourth-order valence-electron chi connectivity index (χ4n) is 4.97. The van der Waals surface area contributed by atoms with Crippen LogP contribution >= 0.6 is 23.2 Å². The first-order valence-corrected chi connectivity index (χ1v) is 16.9. The number of carbonyl (C=O) groups excluding carboxylic acids is 2. The van der Waals surface area contributed by atoms with Gasteiger partial charge in [0, 0.05) is 29.6 Å². The first kappa shape index (κ1) is 34.0. The highest BCUT2D eigenvalue weighted by molar-refractivity contribution is 7.92. The van der Waals surface area contributed by atoms with Crippen molar-refractivity contribution < 1.29 is 18.0 Å². The van der Waals surface area contributed by atoms with Gasteiger partial charge >= 0.3 is 0 Å². The second-order valence-electron chi connectivity index (χ2n) is 10.9. The Bertz CT molecular complexity index is 1730. The molecule has 0 fully saturated rings. The molecule has 0 radical (unpaired) electrons. The van der Waals surface area contributed by atoms with Crippen molar-refractivity contribution in [2.75, 3.05) is 17.4 Å². The Balaban J connectivity index is 1.83. The molecule has 1 unspecified atom stereocenters. The van der Waals surface area contributed by atoms with Crippen molar-refractivity contribution >= 4 is 50.7 Å². The van der Waals surface area contributed by atoms with Gasteiger partial charge in [0.15, 0.2) is 0 Å². The van der Waals surface area contributed by atoms with Gasteiger partial charge in [0.1, 0.15) is 12.6 Å². The molecule has 1 N–H and O–H groups in total. The predicted molar refractivity (Wildman–Crippen MR) is 181 cm³/mol. The largest absolute Gasteiger partial charge is 0.354 e. The van der Waals surface area contributed by atoms with Gasteiger partial charge in [-0.1, -0.05) is 96.4 Å². The van der Waals surface area contributed by atoms with E-state index in [0.717, 1.165) is 15.4 Å². The number of rotatable bonds is 13. The van der Waals surface area contributed by atoms with Crippen LogP contribution in [-0.4, -0.2) is 44.3 Å². The second-order valence-corrected chi connectivity index (χ2v) is 13.6. The van der Waals surface area contributed by atoms with Crippen molar-refractivity contribution in [3.8, 4) is 0 Å². The Hall–Kier alpha value is -3.85. The molecule has 4 rings (SSSR count). The summed E-state index contributed by atoms with van der Waals surface area (Å²) in [7, 11) is -4.23. The number of hydrogen-bond acceptors (Lipinski definition) is 4. The second kappa shape index (κ2) is 15.4. The molecule has 236 valence electrons. The number of halogens is 2.